The Balaban J connectivity index is 1.76. The Morgan fingerprint density at radius 2 is 2.35 bits per heavy atom. The van der Waals surface area contributed by atoms with Gasteiger partial charge < -0.3 is 5.32 Å². The summed E-state index contributed by atoms with van der Waals surface area (Å²) in [4.78, 5) is 2.59. The zero-order chi connectivity index (χ0) is 12.1. The van der Waals surface area contributed by atoms with Gasteiger partial charge in [-0.25, -0.2) is 0 Å². The fourth-order valence-corrected chi connectivity index (χ4v) is 2.78. The third kappa shape index (κ3) is 3.62. The number of hydrogen-bond donors (Lipinski definition) is 1. The smallest absolute Gasteiger partial charge is 0.0426 e. The number of rotatable bonds is 5. The van der Waals surface area contributed by atoms with Crippen LogP contribution >= 0.6 is 11.6 Å². The Morgan fingerprint density at radius 3 is 3.12 bits per heavy atom. The van der Waals surface area contributed by atoms with Crippen LogP contribution in [0.5, 0.6) is 0 Å². The van der Waals surface area contributed by atoms with E-state index in [9.17, 15) is 0 Å². The molecule has 1 aromatic rings. The van der Waals surface area contributed by atoms with Gasteiger partial charge in [-0.3, -0.25) is 4.90 Å². The van der Waals surface area contributed by atoms with Gasteiger partial charge in [0.2, 0.25) is 0 Å². The lowest BCUT2D eigenvalue weighted by Crippen LogP contribution is -2.33. The zero-order valence-electron chi connectivity index (χ0n) is 10.5. The van der Waals surface area contributed by atoms with Gasteiger partial charge in [-0.2, -0.15) is 0 Å². The Bertz CT molecular complexity index is 354. The maximum Gasteiger partial charge on any atom is 0.0426 e. The van der Waals surface area contributed by atoms with E-state index in [2.05, 4.69) is 23.2 Å². The molecule has 0 radical (unpaired) electrons. The molecule has 94 valence electrons. The van der Waals surface area contributed by atoms with E-state index in [-0.39, 0.29) is 0 Å². The summed E-state index contributed by atoms with van der Waals surface area (Å²) < 4.78 is 0. The standard InChI is InChI=1S/C14H21ClN2/c1-2-14-7-4-9-17(14)10-8-16-13-6-3-5-12(15)11-13/h3,5-6,11,14,16H,2,4,7-10H2,1H3. The molecule has 0 aliphatic carbocycles. The van der Waals surface area contributed by atoms with E-state index in [1.807, 2.05) is 18.2 Å². The highest BCUT2D eigenvalue weighted by Crippen LogP contribution is 2.19. The maximum absolute atomic E-state index is 5.95. The van der Waals surface area contributed by atoms with E-state index in [1.165, 1.54) is 25.8 Å². The third-order valence-electron chi connectivity index (χ3n) is 3.52. The van der Waals surface area contributed by atoms with Gasteiger partial charge in [0.15, 0.2) is 0 Å². The van der Waals surface area contributed by atoms with E-state index in [0.29, 0.717) is 0 Å². The molecule has 1 N–H and O–H groups in total. The fourth-order valence-electron chi connectivity index (χ4n) is 2.59. The summed E-state index contributed by atoms with van der Waals surface area (Å²) in [6.07, 6.45) is 4.00. The summed E-state index contributed by atoms with van der Waals surface area (Å²) in [5, 5.41) is 4.22. The van der Waals surface area contributed by atoms with Gasteiger partial charge >= 0.3 is 0 Å². The number of hydrogen-bond acceptors (Lipinski definition) is 2. The van der Waals surface area contributed by atoms with Crippen molar-refractivity contribution in [2.45, 2.75) is 32.2 Å². The molecule has 3 heteroatoms. The topological polar surface area (TPSA) is 15.3 Å². The average molecular weight is 253 g/mol. The van der Waals surface area contributed by atoms with Crippen molar-refractivity contribution >= 4 is 17.3 Å². The lowest BCUT2D eigenvalue weighted by Gasteiger charge is -2.23. The molecule has 1 aromatic carbocycles. The van der Waals surface area contributed by atoms with Crippen molar-refractivity contribution in [2.75, 3.05) is 25.0 Å². The van der Waals surface area contributed by atoms with Crippen molar-refractivity contribution in [3.63, 3.8) is 0 Å². The Morgan fingerprint density at radius 1 is 1.47 bits per heavy atom. The second kappa shape index (κ2) is 6.27. The summed E-state index contributed by atoms with van der Waals surface area (Å²) in [5.41, 5.74) is 1.12. The SMILES string of the molecule is CCC1CCCN1CCNc1cccc(Cl)c1. The first-order valence-electron chi connectivity index (χ1n) is 6.53. The monoisotopic (exact) mass is 252 g/mol. The lowest BCUT2D eigenvalue weighted by molar-refractivity contribution is 0.258. The molecule has 1 saturated heterocycles. The molecule has 1 atom stereocenters. The van der Waals surface area contributed by atoms with Crippen LogP contribution in [-0.2, 0) is 0 Å². The molecule has 0 spiro atoms. The van der Waals surface area contributed by atoms with E-state index in [0.717, 1.165) is 29.8 Å². The molecule has 0 saturated carbocycles. The normalized spacial score (nSPS) is 20.7. The van der Waals surface area contributed by atoms with Crippen LogP contribution in [0.1, 0.15) is 26.2 Å². The van der Waals surface area contributed by atoms with E-state index in [4.69, 9.17) is 11.6 Å². The minimum absolute atomic E-state index is 0.794. The van der Waals surface area contributed by atoms with E-state index < -0.39 is 0 Å². The van der Waals surface area contributed by atoms with Crippen LogP contribution in [0, 0.1) is 0 Å². The Labute approximate surface area is 109 Å². The molecule has 0 aromatic heterocycles. The van der Waals surface area contributed by atoms with Crippen molar-refractivity contribution in [1.29, 1.82) is 0 Å². The van der Waals surface area contributed by atoms with Crippen molar-refractivity contribution < 1.29 is 0 Å². The van der Waals surface area contributed by atoms with Crippen LogP contribution in [0.25, 0.3) is 0 Å². The molecule has 2 rings (SSSR count). The predicted molar refractivity (Wildman–Crippen MR) is 74.8 cm³/mol. The summed E-state index contributed by atoms with van der Waals surface area (Å²) in [6, 6.07) is 8.72. The van der Waals surface area contributed by atoms with Gasteiger partial charge in [0.25, 0.3) is 0 Å². The number of nitrogens with one attached hydrogen (secondary N) is 1. The first kappa shape index (κ1) is 12.7. The van der Waals surface area contributed by atoms with Crippen LogP contribution in [0.15, 0.2) is 24.3 Å². The van der Waals surface area contributed by atoms with Crippen LogP contribution < -0.4 is 5.32 Å². The average Bonchev–Trinajstić information content (AvgIpc) is 2.77. The summed E-state index contributed by atoms with van der Waals surface area (Å²) in [5.74, 6) is 0. The molecule has 1 heterocycles. The molecule has 0 bridgehead atoms. The van der Waals surface area contributed by atoms with Crippen LogP contribution in [0.4, 0.5) is 5.69 Å². The number of halogens is 1. The number of anilines is 1. The van der Waals surface area contributed by atoms with Gasteiger partial charge in [0.05, 0.1) is 0 Å². The maximum atomic E-state index is 5.95. The summed E-state index contributed by atoms with van der Waals surface area (Å²) >= 11 is 5.95. The molecule has 1 aliphatic rings. The Kier molecular flexibility index (Phi) is 4.69. The summed E-state index contributed by atoms with van der Waals surface area (Å²) in [7, 11) is 0. The van der Waals surface area contributed by atoms with Crippen LogP contribution in [-0.4, -0.2) is 30.6 Å². The third-order valence-corrected chi connectivity index (χ3v) is 3.76. The van der Waals surface area contributed by atoms with Crippen molar-refractivity contribution in [3.05, 3.63) is 29.3 Å². The number of likely N-dealkylation sites (tertiary alicyclic amines) is 1. The predicted octanol–water partition coefficient (Wildman–Crippen LogP) is 3.63. The van der Waals surface area contributed by atoms with Crippen molar-refractivity contribution in [1.82, 2.24) is 4.90 Å². The quantitative estimate of drug-likeness (QED) is 0.861. The molecular formula is C14H21ClN2. The van der Waals surface area contributed by atoms with Gasteiger partial charge in [0.1, 0.15) is 0 Å². The fraction of sp³-hybridized carbons (Fsp3) is 0.571. The van der Waals surface area contributed by atoms with Gasteiger partial charge in [-0.1, -0.05) is 24.6 Å². The first-order valence-corrected chi connectivity index (χ1v) is 6.91. The highest BCUT2D eigenvalue weighted by atomic mass is 35.5. The molecule has 1 aliphatic heterocycles. The lowest BCUT2D eigenvalue weighted by atomic mass is 10.2. The molecule has 17 heavy (non-hydrogen) atoms. The Hall–Kier alpha value is -0.730. The highest BCUT2D eigenvalue weighted by molar-refractivity contribution is 6.30. The molecule has 2 nitrogen and oxygen atoms in total. The second-order valence-electron chi connectivity index (χ2n) is 4.68. The van der Waals surface area contributed by atoms with Gasteiger partial charge in [-0.05, 0) is 44.0 Å². The van der Waals surface area contributed by atoms with Crippen LogP contribution in [0.2, 0.25) is 5.02 Å². The number of benzene rings is 1. The van der Waals surface area contributed by atoms with Crippen molar-refractivity contribution in [3.8, 4) is 0 Å². The second-order valence-corrected chi connectivity index (χ2v) is 5.11. The number of nitrogens with zero attached hydrogens (tertiary/aromatic N) is 1. The zero-order valence-corrected chi connectivity index (χ0v) is 11.2. The van der Waals surface area contributed by atoms with Gasteiger partial charge in [0, 0.05) is 29.8 Å². The molecule has 1 unspecified atom stereocenters. The first-order chi connectivity index (χ1) is 8.29. The minimum atomic E-state index is 0.794. The highest BCUT2D eigenvalue weighted by Gasteiger charge is 2.21. The molecule has 1 fully saturated rings. The van der Waals surface area contributed by atoms with E-state index >= 15 is 0 Å². The summed E-state index contributed by atoms with van der Waals surface area (Å²) in [6.45, 7) is 5.67. The molecule has 0 amide bonds. The van der Waals surface area contributed by atoms with Crippen LogP contribution in [0.3, 0.4) is 0 Å². The van der Waals surface area contributed by atoms with Gasteiger partial charge in [-0.15, -0.1) is 0 Å². The largest absolute Gasteiger partial charge is 0.384 e. The minimum Gasteiger partial charge on any atom is -0.384 e. The molecular weight excluding hydrogens is 232 g/mol. The van der Waals surface area contributed by atoms with E-state index in [1.54, 1.807) is 0 Å². The van der Waals surface area contributed by atoms with Crippen molar-refractivity contribution in [2.24, 2.45) is 0 Å².